The molecule has 0 aromatic heterocycles. The first-order valence-corrected chi connectivity index (χ1v) is 15.9. The molecule has 7 nitrogen and oxygen atoms in total. The van der Waals surface area contributed by atoms with Crippen molar-refractivity contribution in [3.05, 3.63) is 100 Å². The summed E-state index contributed by atoms with van der Waals surface area (Å²) in [4.78, 5) is 29.4. The molecular weight excluding hydrogens is 590 g/mol. The Balaban J connectivity index is 2.06. The molecule has 0 saturated carbocycles. The highest BCUT2D eigenvalue weighted by Crippen LogP contribution is 2.22. The lowest BCUT2D eigenvalue weighted by Crippen LogP contribution is -2.56. The van der Waals surface area contributed by atoms with Gasteiger partial charge in [0.05, 0.1) is 11.9 Å². The van der Waals surface area contributed by atoms with Gasteiger partial charge in [-0.2, -0.15) is 0 Å². The number of sulfonamides is 1. The number of halogens is 1. The van der Waals surface area contributed by atoms with Crippen molar-refractivity contribution in [2.75, 3.05) is 17.1 Å². The number of amides is 2. The second-order valence-electron chi connectivity index (χ2n) is 10.9. The summed E-state index contributed by atoms with van der Waals surface area (Å²) < 4.78 is 27.7. The molecule has 0 unspecified atom stereocenters. The molecule has 2 amide bonds. The smallest absolute Gasteiger partial charge is 0.244 e. The molecule has 40 heavy (non-hydrogen) atoms. The SMILES string of the molecule is CCc1ccc(N(CC(=O)N(Cc2cccc(Br)c2)[C@@H](Cc2ccccc2)C(=O)NC(C)(C)C)S(C)(=O)=O)cc1. The van der Waals surface area contributed by atoms with Gasteiger partial charge in [-0.15, -0.1) is 0 Å². The van der Waals surface area contributed by atoms with Crippen LogP contribution in [0.2, 0.25) is 0 Å². The van der Waals surface area contributed by atoms with Gasteiger partial charge in [0.1, 0.15) is 12.6 Å². The third-order valence-electron chi connectivity index (χ3n) is 6.32. The number of benzene rings is 3. The minimum absolute atomic E-state index is 0.125. The van der Waals surface area contributed by atoms with Crippen molar-refractivity contribution >= 4 is 43.5 Å². The molecule has 0 fully saturated rings. The Kier molecular flexibility index (Phi) is 10.6. The Labute approximate surface area is 246 Å². The van der Waals surface area contributed by atoms with E-state index in [0.717, 1.165) is 38.1 Å². The molecule has 0 saturated heterocycles. The van der Waals surface area contributed by atoms with Crippen LogP contribution >= 0.6 is 15.9 Å². The molecule has 1 N–H and O–H groups in total. The van der Waals surface area contributed by atoms with Gasteiger partial charge in [-0.1, -0.05) is 77.5 Å². The second kappa shape index (κ2) is 13.5. The van der Waals surface area contributed by atoms with Crippen LogP contribution in [-0.4, -0.2) is 49.5 Å². The van der Waals surface area contributed by atoms with Crippen LogP contribution in [0.4, 0.5) is 5.69 Å². The van der Waals surface area contributed by atoms with Crippen molar-refractivity contribution in [2.24, 2.45) is 0 Å². The second-order valence-corrected chi connectivity index (χ2v) is 13.7. The van der Waals surface area contributed by atoms with E-state index in [1.54, 1.807) is 12.1 Å². The Bertz CT molecular complexity index is 1400. The number of carbonyl (C=O) groups is 2. The Morgan fingerprint density at radius 2 is 1.52 bits per heavy atom. The topological polar surface area (TPSA) is 86.8 Å². The summed E-state index contributed by atoms with van der Waals surface area (Å²) in [5.74, 6) is -0.784. The summed E-state index contributed by atoms with van der Waals surface area (Å²) >= 11 is 3.49. The van der Waals surface area contributed by atoms with Crippen LogP contribution in [0, 0.1) is 0 Å². The summed E-state index contributed by atoms with van der Waals surface area (Å²) in [6, 6.07) is 23.3. The van der Waals surface area contributed by atoms with E-state index >= 15 is 0 Å². The predicted molar refractivity (Wildman–Crippen MR) is 165 cm³/mol. The van der Waals surface area contributed by atoms with Crippen LogP contribution in [0.5, 0.6) is 0 Å². The van der Waals surface area contributed by atoms with Gasteiger partial charge in [-0.25, -0.2) is 8.42 Å². The number of anilines is 1. The maximum atomic E-state index is 14.1. The molecule has 9 heteroatoms. The molecule has 0 spiro atoms. The molecule has 0 aliphatic rings. The molecule has 0 bridgehead atoms. The summed E-state index contributed by atoms with van der Waals surface area (Å²) in [5, 5.41) is 3.03. The zero-order valence-corrected chi connectivity index (χ0v) is 26.1. The number of rotatable bonds is 11. The van der Waals surface area contributed by atoms with Gasteiger partial charge in [0, 0.05) is 23.0 Å². The van der Waals surface area contributed by atoms with Crippen LogP contribution in [-0.2, 0) is 39.0 Å². The van der Waals surface area contributed by atoms with E-state index in [0.29, 0.717) is 5.69 Å². The Morgan fingerprint density at radius 3 is 2.08 bits per heavy atom. The maximum absolute atomic E-state index is 14.1. The van der Waals surface area contributed by atoms with Crippen molar-refractivity contribution in [3.8, 4) is 0 Å². The summed E-state index contributed by atoms with van der Waals surface area (Å²) in [5.41, 5.74) is 2.62. The minimum atomic E-state index is -3.80. The lowest BCUT2D eigenvalue weighted by Gasteiger charge is -2.35. The first-order valence-electron chi connectivity index (χ1n) is 13.2. The highest BCUT2D eigenvalue weighted by Gasteiger charge is 2.34. The maximum Gasteiger partial charge on any atom is 0.244 e. The van der Waals surface area contributed by atoms with Gasteiger partial charge < -0.3 is 10.2 Å². The molecule has 1 atom stereocenters. The lowest BCUT2D eigenvalue weighted by molar-refractivity contribution is -0.140. The fourth-order valence-electron chi connectivity index (χ4n) is 4.35. The van der Waals surface area contributed by atoms with E-state index in [4.69, 9.17) is 0 Å². The van der Waals surface area contributed by atoms with Gasteiger partial charge in [0.2, 0.25) is 21.8 Å². The summed E-state index contributed by atoms with van der Waals surface area (Å²) in [6.45, 7) is 7.36. The number of hydrogen-bond donors (Lipinski definition) is 1. The number of hydrogen-bond acceptors (Lipinski definition) is 4. The zero-order valence-electron chi connectivity index (χ0n) is 23.7. The van der Waals surface area contributed by atoms with Crippen molar-refractivity contribution in [1.29, 1.82) is 0 Å². The van der Waals surface area contributed by atoms with Crippen LogP contribution in [0.15, 0.2) is 83.3 Å². The molecule has 214 valence electrons. The third kappa shape index (κ3) is 9.20. The number of nitrogens with one attached hydrogen (secondary N) is 1. The highest BCUT2D eigenvalue weighted by molar-refractivity contribution is 9.10. The largest absolute Gasteiger partial charge is 0.350 e. The van der Waals surface area contributed by atoms with E-state index in [9.17, 15) is 18.0 Å². The normalized spacial score (nSPS) is 12.4. The van der Waals surface area contributed by atoms with Crippen LogP contribution < -0.4 is 9.62 Å². The Morgan fingerprint density at radius 1 is 0.900 bits per heavy atom. The number of carbonyl (C=O) groups excluding carboxylic acids is 2. The average Bonchev–Trinajstić information content (AvgIpc) is 2.88. The predicted octanol–water partition coefficient (Wildman–Crippen LogP) is 5.33. The fourth-order valence-corrected chi connectivity index (χ4v) is 5.65. The van der Waals surface area contributed by atoms with E-state index < -0.39 is 34.1 Å². The van der Waals surface area contributed by atoms with E-state index in [1.165, 1.54) is 4.90 Å². The van der Waals surface area contributed by atoms with Crippen molar-refractivity contribution < 1.29 is 18.0 Å². The minimum Gasteiger partial charge on any atom is -0.350 e. The van der Waals surface area contributed by atoms with E-state index in [2.05, 4.69) is 21.2 Å². The number of nitrogens with zero attached hydrogens (tertiary/aromatic N) is 2. The molecule has 3 rings (SSSR count). The summed E-state index contributed by atoms with van der Waals surface area (Å²) in [6.07, 6.45) is 2.16. The van der Waals surface area contributed by atoms with Crippen LogP contribution in [0.25, 0.3) is 0 Å². The van der Waals surface area contributed by atoms with E-state index in [1.807, 2.05) is 94.4 Å². The van der Waals surface area contributed by atoms with Gasteiger partial charge in [0.15, 0.2) is 0 Å². The van der Waals surface area contributed by atoms with Gasteiger partial charge in [-0.05, 0) is 68.1 Å². The van der Waals surface area contributed by atoms with Gasteiger partial charge in [0.25, 0.3) is 0 Å². The Hall–Kier alpha value is -3.17. The van der Waals surface area contributed by atoms with Crippen LogP contribution in [0.3, 0.4) is 0 Å². The third-order valence-corrected chi connectivity index (χ3v) is 7.96. The molecular formula is C31H38BrN3O4S. The first-order chi connectivity index (χ1) is 18.8. The zero-order chi connectivity index (χ0) is 29.5. The highest BCUT2D eigenvalue weighted by atomic mass is 79.9. The standard InChI is InChI=1S/C31H38BrN3O4S/c1-6-23-15-17-27(18-16-23)35(40(5,38)39)22-29(36)34(21-25-13-10-14-26(32)19-25)28(30(37)33-31(2,3)4)20-24-11-8-7-9-12-24/h7-19,28H,6,20-22H2,1-5H3,(H,33,37)/t28-/m0/s1. The quantitative estimate of drug-likeness (QED) is 0.311. The molecule has 0 aliphatic carbocycles. The fraction of sp³-hybridized carbons (Fsp3) is 0.355. The van der Waals surface area contributed by atoms with Gasteiger partial charge >= 0.3 is 0 Å². The summed E-state index contributed by atoms with van der Waals surface area (Å²) in [7, 11) is -3.80. The molecule has 0 radical (unpaired) electrons. The molecule has 0 heterocycles. The van der Waals surface area contributed by atoms with Crippen molar-refractivity contribution in [3.63, 3.8) is 0 Å². The van der Waals surface area contributed by atoms with Crippen LogP contribution in [0.1, 0.15) is 44.4 Å². The monoisotopic (exact) mass is 627 g/mol. The van der Waals surface area contributed by atoms with Crippen molar-refractivity contribution in [2.45, 2.75) is 58.7 Å². The molecule has 3 aromatic carbocycles. The molecule has 3 aromatic rings. The van der Waals surface area contributed by atoms with Gasteiger partial charge in [-0.3, -0.25) is 13.9 Å². The van der Waals surface area contributed by atoms with Crippen molar-refractivity contribution in [1.82, 2.24) is 10.2 Å². The first kappa shape index (κ1) is 31.4. The lowest BCUT2D eigenvalue weighted by atomic mass is 10.0. The molecule has 0 aliphatic heterocycles. The van der Waals surface area contributed by atoms with E-state index in [-0.39, 0.29) is 18.9 Å². The number of aryl methyl sites for hydroxylation is 1. The average molecular weight is 629 g/mol.